The van der Waals surface area contributed by atoms with Crippen LogP contribution in [0.25, 0.3) is 0 Å². The normalized spacial score (nSPS) is 14.6. The molecule has 0 aliphatic heterocycles. The van der Waals surface area contributed by atoms with E-state index in [-0.39, 0.29) is 37.4 Å². The predicted molar refractivity (Wildman–Crippen MR) is 155 cm³/mol. The Kier molecular flexibility index (Phi) is 10.8. The van der Waals surface area contributed by atoms with Gasteiger partial charge in [-0.05, 0) is 74.4 Å². The summed E-state index contributed by atoms with van der Waals surface area (Å²) in [6.07, 6.45) is 6.27. The van der Waals surface area contributed by atoms with Gasteiger partial charge >= 0.3 is 0 Å². The Balaban J connectivity index is 1.78. The van der Waals surface area contributed by atoms with Crippen molar-refractivity contribution in [1.82, 2.24) is 10.2 Å². The van der Waals surface area contributed by atoms with E-state index in [1.54, 1.807) is 18.1 Å². The minimum absolute atomic E-state index is 0.125. The number of hydrogen-bond acceptors (Lipinski definition) is 5. The zero-order valence-electron chi connectivity index (χ0n) is 23.9. The third-order valence-electron chi connectivity index (χ3n) is 7.60. The molecule has 0 bridgehead atoms. The molecule has 0 unspecified atom stereocenters. The molecular formula is C30H43N3O5S. The summed E-state index contributed by atoms with van der Waals surface area (Å²) < 4.78 is 32.0. The molecule has 1 aliphatic carbocycles. The van der Waals surface area contributed by atoms with Crippen molar-refractivity contribution in [2.45, 2.75) is 84.3 Å². The highest BCUT2D eigenvalue weighted by Gasteiger charge is 2.31. The first-order valence-electron chi connectivity index (χ1n) is 13.8. The van der Waals surface area contributed by atoms with Crippen LogP contribution in [0.4, 0.5) is 5.69 Å². The van der Waals surface area contributed by atoms with Crippen molar-refractivity contribution < 1.29 is 22.7 Å². The maximum atomic E-state index is 13.7. The molecule has 0 radical (unpaired) electrons. The Morgan fingerprint density at radius 3 is 2.33 bits per heavy atom. The number of rotatable bonds is 13. The average Bonchev–Trinajstić information content (AvgIpc) is 3.41. The van der Waals surface area contributed by atoms with E-state index in [4.69, 9.17) is 4.74 Å². The Morgan fingerprint density at radius 1 is 1.08 bits per heavy atom. The zero-order valence-corrected chi connectivity index (χ0v) is 24.7. The van der Waals surface area contributed by atoms with E-state index in [1.807, 2.05) is 57.2 Å². The molecule has 2 aromatic carbocycles. The lowest BCUT2D eigenvalue weighted by Gasteiger charge is -2.32. The predicted octanol–water partition coefficient (Wildman–Crippen LogP) is 4.72. The molecule has 0 heterocycles. The highest BCUT2D eigenvalue weighted by atomic mass is 32.2. The van der Waals surface area contributed by atoms with Crippen LogP contribution in [0.15, 0.2) is 42.5 Å². The summed E-state index contributed by atoms with van der Waals surface area (Å²) in [6.45, 7) is 6.22. The number of anilines is 1. The molecule has 1 N–H and O–H groups in total. The van der Waals surface area contributed by atoms with Gasteiger partial charge in [-0.25, -0.2) is 8.42 Å². The minimum Gasteiger partial charge on any atom is -0.497 e. The maximum absolute atomic E-state index is 13.7. The lowest BCUT2D eigenvalue weighted by Crippen LogP contribution is -2.51. The molecule has 1 atom stereocenters. The first kappa shape index (κ1) is 30.5. The second-order valence-electron chi connectivity index (χ2n) is 10.4. The number of amides is 2. The fraction of sp³-hybridized carbons (Fsp3) is 0.533. The number of methoxy groups -OCH3 is 1. The van der Waals surface area contributed by atoms with Gasteiger partial charge in [0.1, 0.15) is 11.8 Å². The van der Waals surface area contributed by atoms with Crippen LogP contribution in [0.5, 0.6) is 5.75 Å². The monoisotopic (exact) mass is 557 g/mol. The Labute approximate surface area is 233 Å². The van der Waals surface area contributed by atoms with Gasteiger partial charge in [0.15, 0.2) is 0 Å². The molecular weight excluding hydrogens is 514 g/mol. The van der Waals surface area contributed by atoms with Crippen LogP contribution < -0.4 is 14.4 Å². The van der Waals surface area contributed by atoms with Crippen molar-refractivity contribution in [3.63, 3.8) is 0 Å². The van der Waals surface area contributed by atoms with Crippen LogP contribution in [0.3, 0.4) is 0 Å². The maximum Gasteiger partial charge on any atom is 0.243 e. The van der Waals surface area contributed by atoms with E-state index in [2.05, 4.69) is 5.32 Å². The van der Waals surface area contributed by atoms with Crippen molar-refractivity contribution in [2.75, 3.05) is 24.2 Å². The van der Waals surface area contributed by atoms with Crippen LogP contribution >= 0.6 is 0 Å². The lowest BCUT2D eigenvalue weighted by molar-refractivity contribution is -0.141. The topological polar surface area (TPSA) is 96.0 Å². The summed E-state index contributed by atoms with van der Waals surface area (Å²) in [5.74, 6) is 0.419. The van der Waals surface area contributed by atoms with Crippen molar-refractivity contribution in [1.29, 1.82) is 0 Å². The summed E-state index contributed by atoms with van der Waals surface area (Å²) in [6, 6.07) is 12.6. The molecule has 3 rings (SSSR count). The molecule has 9 heteroatoms. The Bertz CT molecular complexity index is 1220. The van der Waals surface area contributed by atoms with Gasteiger partial charge in [-0.15, -0.1) is 0 Å². The van der Waals surface area contributed by atoms with Gasteiger partial charge in [0.2, 0.25) is 21.8 Å². The Hall–Kier alpha value is -3.07. The average molecular weight is 558 g/mol. The van der Waals surface area contributed by atoms with Gasteiger partial charge < -0.3 is 15.0 Å². The number of nitrogens with one attached hydrogen (secondary N) is 1. The quantitative estimate of drug-likeness (QED) is 0.384. The van der Waals surface area contributed by atoms with E-state index in [9.17, 15) is 18.0 Å². The molecule has 39 heavy (non-hydrogen) atoms. The fourth-order valence-corrected chi connectivity index (χ4v) is 6.22. The summed E-state index contributed by atoms with van der Waals surface area (Å²) in [7, 11) is -1.95. The van der Waals surface area contributed by atoms with E-state index in [0.29, 0.717) is 18.5 Å². The number of benzene rings is 2. The molecule has 1 saturated carbocycles. The van der Waals surface area contributed by atoms with Crippen LogP contribution in [0, 0.1) is 13.8 Å². The van der Waals surface area contributed by atoms with Crippen molar-refractivity contribution in [2.24, 2.45) is 0 Å². The number of hydrogen-bond donors (Lipinski definition) is 1. The first-order valence-corrected chi connectivity index (χ1v) is 15.7. The van der Waals surface area contributed by atoms with Gasteiger partial charge in [0.25, 0.3) is 0 Å². The summed E-state index contributed by atoms with van der Waals surface area (Å²) in [5.41, 5.74) is 3.42. The molecule has 8 nitrogen and oxygen atoms in total. The SMILES string of the molecule is CC[C@@H](C(=O)NC1CCCC1)N(Cc1ccc(OC)cc1)C(=O)CCCN(c1cccc(C)c1C)S(C)(=O)=O. The largest absolute Gasteiger partial charge is 0.497 e. The van der Waals surface area contributed by atoms with E-state index in [1.165, 1.54) is 10.6 Å². The molecule has 0 saturated heterocycles. The van der Waals surface area contributed by atoms with E-state index < -0.39 is 16.1 Å². The summed E-state index contributed by atoms with van der Waals surface area (Å²) >= 11 is 0. The fourth-order valence-electron chi connectivity index (χ4n) is 5.20. The third kappa shape index (κ3) is 8.21. The van der Waals surface area contributed by atoms with Crippen molar-refractivity contribution >= 4 is 27.5 Å². The van der Waals surface area contributed by atoms with E-state index >= 15 is 0 Å². The molecule has 2 aromatic rings. The standard InChI is InChI=1S/C30H43N3O5S/c1-6-27(30(35)31-25-12-7-8-13-25)32(21-24-16-18-26(38-4)19-17-24)29(34)15-10-20-33(39(5,36)37)28-14-9-11-22(2)23(28)3/h9,11,14,16-19,25,27H,6-8,10,12-13,15,20-21H2,1-5H3,(H,31,35)/t27-/m0/s1. The van der Waals surface area contributed by atoms with Gasteiger partial charge in [-0.3, -0.25) is 13.9 Å². The summed E-state index contributed by atoms with van der Waals surface area (Å²) in [5, 5.41) is 3.16. The second-order valence-corrected chi connectivity index (χ2v) is 12.3. The third-order valence-corrected chi connectivity index (χ3v) is 8.78. The molecule has 1 aliphatic rings. The molecule has 1 fully saturated rings. The van der Waals surface area contributed by atoms with Gasteiger partial charge in [0, 0.05) is 25.6 Å². The molecule has 2 amide bonds. The number of sulfonamides is 1. The van der Waals surface area contributed by atoms with Gasteiger partial charge in [0.05, 0.1) is 19.1 Å². The van der Waals surface area contributed by atoms with Crippen molar-refractivity contribution in [3.8, 4) is 5.75 Å². The molecule has 0 aromatic heterocycles. The highest BCUT2D eigenvalue weighted by Crippen LogP contribution is 2.26. The van der Waals surface area contributed by atoms with Gasteiger partial charge in [-0.1, -0.05) is 44.0 Å². The number of carbonyl (C=O) groups excluding carboxylic acids is 2. The van der Waals surface area contributed by atoms with E-state index in [0.717, 1.165) is 48.1 Å². The second kappa shape index (κ2) is 13.8. The number of nitrogens with zero attached hydrogens (tertiary/aromatic N) is 2. The minimum atomic E-state index is -3.55. The lowest BCUT2D eigenvalue weighted by atomic mass is 10.1. The number of carbonyl (C=O) groups is 2. The summed E-state index contributed by atoms with van der Waals surface area (Å²) in [4.78, 5) is 28.6. The van der Waals surface area contributed by atoms with Gasteiger partial charge in [-0.2, -0.15) is 0 Å². The van der Waals surface area contributed by atoms with Crippen LogP contribution in [-0.2, 0) is 26.2 Å². The van der Waals surface area contributed by atoms with Crippen LogP contribution in [-0.4, -0.2) is 57.1 Å². The Morgan fingerprint density at radius 2 is 1.74 bits per heavy atom. The van der Waals surface area contributed by atoms with Crippen molar-refractivity contribution in [3.05, 3.63) is 59.2 Å². The molecule has 0 spiro atoms. The van der Waals surface area contributed by atoms with Crippen LogP contribution in [0.2, 0.25) is 0 Å². The highest BCUT2D eigenvalue weighted by molar-refractivity contribution is 7.92. The van der Waals surface area contributed by atoms with Crippen LogP contribution in [0.1, 0.15) is 68.6 Å². The number of aryl methyl sites for hydroxylation is 1. The first-order chi connectivity index (χ1) is 18.5. The zero-order chi connectivity index (χ0) is 28.6. The smallest absolute Gasteiger partial charge is 0.243 e. The molecule has 214 valence electrons. The number of ether oxygens (including phenoxy) is 1.